The van der Waals surface area contributed by atoms with Gasteiger partial charge in [0, 0.05) is 7.11 Å². The molecule has 1 atom stereocenters. The van der Waals surface area contributed by atoms with Gasteiger partial charge in [0.2, 0.25) is 0 Å². The maximum absolute atomic E-state index is 6.23. The molecule has 0 aromatic rings. The molecule has 0 aliphatic rings. The van der Waals surface area contributed by atoms with Crippen LogP contribution < -0.4 is 0 Å². The van der Waals surface area contributed by atoms with Gasteiger partial charge in [0.15, 0.2) is 0 Å². The number of hydrogen-bond donors (Lipinski definition) is 0. The van der Waals surface area contributed by atoms with Crippen molar-refractivity contribution >= 4 is 0 Å². The van der Waals surface area contributed by atoms with Gasteiger partial charge in [-0.15, -0.1) is 0 Å². The van der Waals surface area contributed by atoms with Crippen LogP contribution in [0.3, 0.4) is 0 Å². The van der Waals surface area contributed by atoms with E-state index in [1.807, 2.05) is 0 Å². The lowest BCUT2D eigenvalue weighted by Gasteiger charge is -2.43. The van der Waals surface area contributed by atoms with E-state index in [4.69, 9.17) is 9.47 Å². The summed E-state index contributed by atoms with van der Waals surface area (Å²) < 4.78 is 11.8. The van der Waals surface area contributed by atoms with Crippen molar-refractivity contribution in [1.82, 2.24) is 0 Å². The van der Waals surface area contributed by atoms with Crippen LogP contribution in [0.2, 0.25) is 0 Å². The van der Waals surface area contributed by atoms with Crippen LogP contribution in [0.4, 0.5) is 0 Å². The summed E-state index contributed by atoms with van der Waals surface area (Å²) >= 11 is 0. The van der Waals surface area contributed by atoms with E-state index in [2.05, 4.69) is 62.3 Å². The fraction of sp³-hybridized carbons (Fsp3) is 1.00. The first-order valence-electron chi connectivity index (χ1n) is 7.50. The molecule has 116 valence electrons. The maximum Gasteiger partial charge on any atom is 0.0638 e. The van der Waals surface area contributed by atoms with Crippen LogP contribution in [0.15, 0.2) is 0 Å². The smallest absolute Gasteiger partial charge is 0.0638 e. The second-order valence-electron chi connectivity index (χ2n) is 8.46. The Morgan fingerprint density at radius 2 is 1.16 bits per heavy atom. The molecule has 0 heterocycles. The third kappa shape index (κ3) is 7.94. The van der Waals surface area contributed by atoms with Crippen LogP contribution in [0, 0.1) is 5.41 Å². The Hall–Kier alpha value is -0.0800. The fourth-order valence-corrected chi connectivity index (χ4v) is 3.31. The third-order valence-corrected chi connectivity index (χ3v) is 3.69. The molecule has 1 unspecified atom stereocenters. The van der Waals surface area contributed by atoms with Gasteiger partial charge in [0.1, 0.15) is 0 Å². The van der Waals surface area contributed by atoms with E-state index in [1.165, 1.54) is 0 Å². The van der Waals surface area contributed by atoms with Gasteiger partial charge < -0.3 is 9.47 Å². The fourth-order valence-electron chi connectivity index (χ4n) is 3.31. The summed E-state index contributed by atoms with van der Waals surface area (Å²) in [6.45, 7) is 19.7. The van der Waals surface area contributed by atoms with Crippen LogP contribution >= 0.6 is 0 Å². The van der Waals surface area contributed by atoms with E-state index in [-0.39, 0.29) is 22.2 Å². The maximum atomic E-state index is 6.23. The van der Waals surface area contributed by atoms with Gasteiger partial charge in [0.05, 0.1) is 16.8 Å². The Morgan fingerprint density at radius 3 is 1.47 bits per heavy atom. The zero-order valence-corrected chi connectivity index (χ0v) is 14.9. The molecule has 0 amide bonds. The molecule has 2 nitrogen and oxygen atoms in total. The molecule has 0 saturated heterocycles. The topological polar surface area (TPSA) is 18.5 Å². The highest BCUT2D eigenvalue weighted by atomic mass is 16.5. The van der Waals surface area contributed by atoms with Crippen molar-refractivity contribution in [3.05, 3.63) is 0 Å². The van der Waals surface area contributed by atoms with E-state index in [9.17, 15) is 0 Å². The molecule has 0 bridgehead atoms. The predicted molar refractivity (Wildman–Crippen MR) is 83.6 cm³/mol. The first kappa shape index (κ1) is 18.9. The molecule has 0 saturated carbocycles. The van der Waals surface area contributed by atoms with Gasteiger partial charge >= 0.3 is 0 Å². The van der Waals surface area contributed by atoms with E-state index in [0.717, 1.165) is 19.3 Å². The summed E-state index contributed by atoms with van der Waals surface area (Å²) in [5, 5.41) is 0. The summed E-state index contributed by atoms with van der Waals surface area (Å²) in [5.74, 6) is 0. The Labute approximate surface area is 121 Å². The summed E-state index contributed by atoms with van der Waals surface area (Å²) in [6, 6.07) is 0. The average molecular weight is 272 g/mol. The summed E-state index contributed by atoms with van der Waals surface area (Å²) in [6.07, 6.45) is 3.22. The number of methoxy groups -OCH3 is 1. The van der Waals surface area contributed by atoms with Crippen molar-refractivity contribution in [2.75, 3.05) is 7.11 Å². The SMILES string of the molecule is CCC(C)(CC(C)(C)OC)CC(C)(C)OC(C)(C)C. The van der Waals surface area contributed by atoms with Crippen molar-refractivity contribution in [1.29, 1.82) is 0 Å². The van der Waals surface area contributed by atoms with Gasteiger partial charge in [-0.05, 0) is 66.7 Å². The standard InChI is InChI=1S/C17H36O2/c1-11-17(9,12-15(5,6)18-10)13-16(7,8)19-14(2,3)4/h11-13H2,1-10H3. The summed E-state index contributed by atoms with van der Waals surface area (Å²) in [5.41, 5.74) is -0.0708. The highest BCUT2D eigenvalue weighted by Gasteiger charge is 2.38. The Balaban J connectivity index is 4.87. The van der Waals surface area contributed by atoms with Crippen LogP contribution in [-0.4, -0.2) is 23.9 Å². The average Bonchev–Trinajstić information content (AvgIpc) is 2.11. The largest absolute Gasteiger partial charge is 0.379 e. The highest BCUT2D eigenvalue weighted by molar-refractivity contribution is 4.88. The van der Waals surface area contributed by atoms with Crippen molar-refractivity contribution in [2.24, 2.45) is 5.41 Å². The molecule has 2 heteroatoms. The molecule has 0 radical (unpaired) electrons. The number of rotatable bonds is 7. The Morgan fingerprint density at radius 1 is 0.737 bits per heavy atom. The molecule has 0 rings (SSSR count). The van der Waals surface area contributed by atoms with Gasteiger partial charge in [-0.1, -0.05) is 20.3 Å². The normalized spacial score (nSPS) is 17.4. The molecule has 0 aliphatic heterocycles. The third-order valence-electron chi connectivity index (χ3n) is 3.69. The molecule has 19 heavy (non-hydrogen) atoms. The van der Waals surface area contributed by atoms with Crippen molar-refractivity contribution < 1.29 is 9.47 Å². The van der Waals surface area contributed by atoms with E-state index in [1.54, 1.807) is 7.11 Å². The zero-order valence-electron chi connectivity index (χ0n) is 14.9. The predicted octanol–water partition coefficient (Wildman–Crippen LogP) is 5.20. The lowest BCUT2D eigenvalue weighted by Crippen LogP contribution is -2.41. The number of hydrogen-bond acceptors (Lipinski definition) is 2. The molecule has 0 aliphatic carbocycles. The molecule has 0 fully saturated rings. The molecular formula is C17H36O2. The number of ether oxygens (including phenoxy) is 2. The van der Waals surface area contributed by atoms with Gasteiger partial charge in [-0.3, -0.25) is 0 Å². The van der Waals surface area contributed by atoms with E-state index >= 15 is 0 Å². The first-order valence-corrected chi connectivity index (χ1v) is 7.50. The Bertz CT molecular complexity index is 273. The lowest BCUT2D eigenvalue weighted by atomic mass is 9.71. The first-order chi connectivity index (χ1) is 8.24. The summed E-state index contributed by atoms with van der Waals surface area (Å²) in [4.78, 5) is 0. The molecule has 0 spiro atoms. The molecule has 0 aromatic carbocycles. The van der Waals surface area contributed by atoms with Gasteiger partial charge in [-0.2, -0.15) is 0 Å². The van der Waals surface area contributed by atoms with Crippen molar-refractivity contribution in [2.45, 2.75) is 98.4 Å². The minimum atomic E-state index is -0.118. The van der Waals surface area contributed by atoms with Crippen LogP contribution in [0.25, 0.3) is 0 Å². The Kier molecular flexibility index (Phi) is 6.11. The zero-order chi connectivity index (χ0) is 15.5. The lowest BCUT2D eigenvalue weighted by molar-refractivity contribution is -0.137. The van der Waals surface area contributed by atoms with Crippen molar-refractivity contribution in [3.8, 4) is 0 Å². The second-order valence-corrected chi connectivity index (χ2v) is 8.46. The van der Waals surface area contributed by atoms with Gasteiger partial charge in [0.25, 0.3) is 0 Å². The quantitative estimate of drug-likeness (QED) is 0.634. The van der Waals surface area contributed by atoms with Crippen LogP contribution in [0.1, 0.15) is 81.6 Å². The highest BCUT2D eigenvalue weighted by Crippen LogP contribution is 2.41. The second kappa shape index (κ2) is 6.13. The summed E-state index contributed by atoms with van der Waals surface area (Å²) in [7, 11) is 1.80. The van der Waals surface area contributed by atoms with E-state index < -0.39 is 0 Å². The minimum absolute atomic E-state index is 0.0808. The van der Waals surface area contributed by atoms with Gasteiger partial charge in [-0.25, -0.2) is 0 Å². The van der Waals surface area contributed by atoms with Crippen LogP contribution in [0.5, 0.6) is 0 Å². The van der Waals surface area contributed by atoms with E-state index in [0.29, 0.717) is 0 Å². The molecule has 0 N–H and O–H groups in total. The monoisotopic (exact) mass is 272 g/mol. The molecular weight excluding hydrogens is 236 g/mol. The van der Waals surface area contributed by atoms with Crippen molar-refractivity contribution in [3.63, 3.8) is 0 Å². The molecule has 0 aromatic heterocycles. The minimum Gasteiger partial charge on any atom is -0.379 e. The van der Waals surface area contributed by atoms with Crippen LogP contribution in [-0.2, 0) is 9.47 Å².